The van der Waals surface area contributed by atoms with Gasteiger partial charge in [0.2, 0.25) is 5.43 Å². The molecule has 0 bridgehead atoms. The second-order valence-corrected chi connectivity index (χ2v) is 10.7. The first-order chi connectivity index (χ1) is 19.2. The van der Waals surface area contributed by atoms with Gasteiger partial charge < -0.3 is 5.32 Å². The largest absolute Gasteiger partial charge is 0.382 e. The number of rotatable bonds is 12. The third-order valence-electron chi connectivity index (χ3n) is 7.83. The number of hydrogen-bond donors (Lipinski definition) is 1. The number of benzene rings is 4. The molecule has 0 aliphatic rings. The molecule has 0 aliphatic heterocycles. The molecule has 0 saturated carbocycles. The van der Waals surface area contributed by atoms with Crippen molar-refractivity contribution in [1.29, 1.82) is 0 Å². The molecule has 0 radical (unpaired) electrons. The van der Waals surface area contributed by atoms with E-state index in [0.717, 1.165) is 24.1 Å². The van der Waals surface area contributed by atoms with Gasteiger partial charge in [0.25, 0.3) is 0 Å². The van der Waals surface area contributed by atoms with Crippen molar-refractivity contribution >= 4 is 38.0 Å². The zero-order chi connectivity index (χ0) is 26.9. The quantitative estimate of drug-likeness (QED) is 0.102. The second-order valence-electron chi connectivity index (χ2n) is 10.7. The Morgan fingerprint density at radius 2 is 1.21 bits per heavy atom. The van der Waals surface area contributed by atoms with Crippen LogP contribution in [0.15, 0.2) is 83.7 Å². The molecular weight excluding hydrogens is 474 g/mol. The minimum absolute atomic E-state index is 0.0119. The van der Waals surface area contributed by atoms with Crippen LogP contribution >= 0.6 is 0 Å². The van der Waals surface area contributed by atoms with Gasteiger partial charge in [-0.2, -0.15) is 0 Å². The standard InChI is InChI=1S/C37H39NO/c1-2-3-4-5-6-7-8-9-10-11-27-38-34-25-16-28(17-26-35(34)39)15-18-29-19-20-32-22-21-30-13-12-14-31-23-24-33(29)37(32)36(30)31/h12-14,16-17,19-26H,2-11,27H2,1H3,(H,38,39). The normalized spacial score (nSPS) is 11.2. The maximum absolute atomic E-state index is 12.6. The fourth-order valence-electron chi connectivity index (χ4n) is 5.61. The smallest absolute Gasteiger partial charge is 0.201 e. The molecule has 39 heavy (non-hydrogen) atoms. The molecule has 0 amide bonds. The molecule has 2 heteroatoms. The Balaban J connectivity index is 1.21. The molecular formula is C37H39NO. The summed E-state index contributed by atoms with van der Waals surface area (Å²) in [6.07, 6.45) is 13.1. The summed E-state index contributed by atoms with van der Waals surface area (Å²) >= 11 is 0. The molecule has 0 aliphatic carbocycles. The van der Waals surface area contributed by atoms with Crippen LogP contribution in [0.1, 0.15) is 82.3 Å². The molecule has 0 unspecified atom stereocenters. The van der Waals surface area contributed by atoms with Crippen LogP contribution in [0, 0.1) is 11.8 Å². The molecule has 5 aromatic carbocycles. The Morgan fingerprint density at radius 3 is 1.95 bits per heavy atom. The minimum atomic E-state index is 0.0119. The van der Waals surface area contributed by atoms with Crippen LogP contribution in [0.25, 0.3) is 32.3 Å². The van der Waals surface area contributed by atoms with Gasteiger partial charge in [-0.05, 0) is 69.1 Å². The van der Waals surface area contributed by atoms with Crippen molar-refractivity contribution < 1.29 is 0 Å². The van der Waals surface area contributed by atoms with Crippen LogP contribution in [-0.2, 0) is 0 Å². The summed E-state index contributed by atoms with van der Waals surface area (Å²) in [6.45, 7) is 3.10. The molecule has 0 heterocycles. The summed E-state index contributed by atoms with van der Waals surface area (Å²) < 4.78 is 0. The summed E-state index contributed by atoms with van der Waals surface area (Å²) in [7, 11) is 0. The van der Waals surface area contributed by atoms with Gasteiger partial charge in [0.1, 0.15) is 0 Å². The number of anilines is 1. The van der Waals surface area contributed by atoms with E-state index in [1.807, 2.05) is 18.2 Å². The SMILES string of the molecule is CCCCCCCCCCCCNc1ccc(C#Cc2ccc3ccc4cccc5ccc2c3c45)ccc1=O. The Bertz CT molecular complexity index is 1640. The van der Waals surface area contributed by atoms with Gasteiger partial charge in [0.05, 0.1) is 5.69 Å². The van der Waals surface area contributed by atoms with Crippen LogP contribution < -0.4 is 10.7 Å². The molecule has 5 rings (SSSR count). The van der Waals surface area contributed by atoms with E-state index < -0.39 is 0 Å². The van der Waals surface area contributed by atoms with Crippen molar-refractivity contribution in [2.75, 3.05) is 11.9 Å². The average Bonchev–Trinajstić information content (AvgIpc) is 3.14. The first-order valence-corrected chi connectivity index (χ1v) is 14.8. The number of unbranched alkanes of at least 4 members (excludes halogenated alkanes) is 9. The molecule has 198 valence electrons. The fourth-order valence-corrected chi connectivity index (χ4v) is 5.61. The van der Waals surface area contributed by atoms with E-state index in [2.05, 4.69) is 78.7 Å². The molecule has 5 aromatic rings. The van der Waals surface area contributed by atoms with E-state index in [4.69, 9.17) is 0 Å². The summed E-state index contributed by atoms with van der Waals surface area (Å²) in [6, 6.07) is 26.8. The molecule has 0 aromatic heterocycles. The summed E-state index contributed by atoms with van der Waals surface area (Å²) in [5.41, 5.74) is 2.51. The van der Waals surface area contributed by atoms with E-state index in [1.54, 1.807) is 6.07 Å². The van der Waals surface area contributed by atoms with E-state index in [9.17, 15) is 4.79 Å². The van der Waals surface area contributed by atoms with Crippen molar-refractivity contribution in [1.82, 2.24) is 0 Å². The molecule has 2 nitrogen and oxygen atoms in total. The van der Waals surface area contributed by atoms with Gasteiger partial charge in [0.15, 0.2) is 0 Å². The van der Waals surface area contributed by atoms with Gasteiger partial charge >= 0.3 is 0 Å². The molecule has 1 N–H and O–H groups in total. The van der Waals surface area contributed by atoms with Crippen molar-refractivity contribution in [3.05, 3.63) is 100 Å². The minimum Gasteiger partial charge on any atom is -0.382 e. The lowest BCUT2D eigenvalue weighted by molar-refractivity contribution is 0.560. The highest BCUT2D eigenvalue weighted by Gasteiger charge is 2.09. The first kappa shape index (κ1) is 26.8. The predicted octanol–water partition coefficient (Wildman–Crippen LogP) is 9.68. The Labute approximate surface area is 232 Å². The Morgan fingerprint density at radius 1 is 0.590 bits per heavy atom. The summed E-state index contributed by atoms with van der Waals surface area (Å²) in [5, 5.41) is 10.9. The van der Waals surface area contributed by atoms with Gasteiger partial charge in [0, 0.05) is 17.7 Å². The van der Waals surface area contributed by atoms with Gasteiger partial charge in [-0.3, -0.25) is 4.79 Å². The van der Waals surface area contributed by atoms with Crippen LogP contribution in [0.3, 0.4) is 0 Å². The van der Waals surface area contributed by atoms with E-state index in [-0.39, 0.29) is 5.43 Å². The molecule has 0 fully saturated rings. The first-order valence-electron chi connectivity index (χ1n) is 14.8. The maximum atomic E-state index is 12.6. The Kier molecular flexibility index (Phi) is 9.13. The average molecular weight is 514 g/mol. The Hall–Kier alpha value is -3.83. The second kappa shape index (κ2) is 13.3. The fraction of sp³-hybridized carbons (Fsp3) is 0.324. The number of nitrogens with one attached hydrogen (secondary N) is 1. The van der Waals surface area contributed by atoms with Crippen LogP contribution in [0.2, 0.25) is 0 Å². The van der Waals surface area contributed by atoms with Gasteiger partial charge in [-0.1, -0.05) is 125 Å². The van der Waals surface area contributed by atoms with Crippen molar-refractivity contribution in [2.45, 2.75) is 71.1 Å². The number of hydrogen-bond acceptors (Lipinski definition) is 2. The molecule has 0 saturated heterocycles. The zero-order valence-electron chi connectivity index (χ0n) is 23.2. The zero-order valence-corrected chi connectivity index (χ0v) is 23.2. The highest BCUT2D eigenvalue weighted by Crippen LogP contribution is 2.35. The van der Waals surface area contributed by atoms with Crippen molar-refractivity contribution in [2.24, 2.45) is 0 Å². The van der Waals surface area contributed by atoms with E-state index in [0.29, 0.717) is 5.69 Å². The van der Waals surface area contributed by atoms with Crippen LogP contribution in [-0.4, -0.2) is 6.54 Å². The van der Waals surface area contributed by atoms with Crippen LogP contribution in [0.4, 0.5) is 5.69 Å². The van der Waals surface area contributed by atoms with E-state index >= 15 is 0 Å². The van der Waals surface area contributed by atoms with Gasteiger partial charge in [-0.15, -0.1) is 0 Å². The predicted molar refractivity (Wildman–Crippen MR) is 169 cm³/mol. The molecule has 0 spiro atoms. The summed E-state index contributed by atoms with van der Waals surface area (Å²) in [5.74, 6) is 6.69. The van der Waals surface area contributed by atoms with Crippen molar-refractivity contribution in [3.63, 3.8) is 0 Å². The van der Waals surface area contributed by atoms with Crippen molar-refractivity contribution in [3.8, 4) is 11.8 Å². The topological polar surface area (TPSA) is 29.1 Å². The molecule has 0 atom stereocenters. The lowest BCUT2D eigenvalue weighted by Gasteiger charge is -2.11. The lowest BCUT2D eigenvalue weighted by atomic mass is 9.92. The third kappa shape index (κ3) is 6.61. The lowest BCUT2D eigenvalue weighted by Crippen LogP contribution is -2.09. The third-order valence-corrected chi connectivity index (χ3v) is 7.83. The van der Waals surface area contributed by atoms with Crippen LogP contribution in [0.5, 0.6) is 0 Å². The summed E-state index contributed by atoms with van der Waals surface area (Å²) in [4.78, 5) is 12.6. The van der Waals surface area contributed by atoms with E-state index in [1.165, 1.54) is 90.1 Å². The highest BCUT2D eigenvalue weighted by atomic mass is 16.1. The van der Waals surface area contributed by atoms with Gasteiger partial charge in [-0.25, -0.2) is 0 Å². The maximum Gasteiger partial charge on any atom is 0.201 e. The highest BCUT2D eigenvalue weighted by molar-refractivity contribution is 6.23. The monoisotopic (exact) mass is 513 g/mol.